The van der Waals surface area contributed by atoms with Crippen molar-refractivity contribution < 1.29 is 4.74 Å². The highest BCUT2D eigenvalue weighted by molar-refractivity contribution is 4.71. The van der Waals surface area contributed by atoms with E-state index in [-0.39, 0.29) is 0 Å². The third kappa shape index (κ3) is 3.95. The molecule has 84 valence electrons. The van der Waals surface area contributed by atoms with Crippen LogP contribution in [0.5, 0.6) is 0 Å². The Balaban J connectivity index is 2.26. The van der Waals surface area contributed by atoms with Crippen molar-refractivity contribution in [2.24, 2.45) is 0 Å². The number of hydrogen-bond donors (Lipinski definition) is 0. The van der Waals surface area contributed by atoms with Gasteiger partial charge < -0.3 is 4.74 Å². The first kappa shape index (κ1) is 12.0. The molecule has 0 aliphatic carbocycles. The Morgan fingerprint density at radius 2 is 1.93 bits per heavy atom. The van der Waals surface area contributed by atoms with Gasteiger partial charge in [0.25, 0.3) is 0 Å². The molecule has 1 saturated heterocycles. The summed E-state index contributed by atoms with van der Waals surface area (Å²) in [6.45, 7) is 11.4. The van der Waals surface area contributed by atoms with E-state index >= 15 is 0 Å². The highest BCUT2D eigenvalue weighted by Crippen LogP contribution is 2.06. The third-order valence-electron chi connectivity index (χ3n) is 2.97. The van der Waals surface area contributed by atoms with E-state index in [0.29, 0.717) is 6.04 Å². The van der Waals surface area contributed by atoms with Crippen LogP contribution in [-0.2, 0) is 4.74 Å². The molecule has 0 aromatic rings. The number of nitrogens with zero attached hydrogens (tertiary/aromatic N) is 2. The average Bonchev–Trinajstić information content (AvgIpc) is 2.39. The summed E-state index contributed by atoms with van der Waals surface area (Å²) in [4.78, 5) is 5.07. The molecular formula is C11H24N2O. The van der Waals surface area contributed by atoms with Crippen molar-refractivity contribution in [1.29, 1.82) is 0 Å². The lowest BCUT2D eigenvalue weighted by molar-refractivity contribution is 0.147. The molecule has 0 N–H and O–H groups in total. The van der Waals surface area contributed by atoms with Gasteiger partial charge in [0.05, 0.1) is 6.61 Å². The molecule has 0 unspecified atom stereocenters. The second-order valence-electron chi connectivity index (χ2n) is 4.32. The van der Waals surface area contributed by atoms with E-state index in [2.05, 4.69) is 23.6 Å². The largest absolute Gasteiger partial charge is 0.383 e. The molecule has 1 aliphatic heterocycles. The zero-order chi connectivity index (χ0) is 10.4. The molecule has 3 nitrogen and oxygen atoms in total. The third-order valence-corrected chi connectivity index (χ3v) is 2.97. The van der Waals surface area contributed by atoms with E-state index in [0.717, 1.165) is 13.2 Å². The predicted octanol–water partition coefficient (Wildman–Crippen LogP) is 1.05. The minimum atomic E-state index is 0.692. The molecule has 1 heterocycles. The number of ether oxygens (including phenoxy) is 1. The van der Waals surface area contributed by atoms with Crippen molar-refractivity contribution in [3.63, 3.8) is 0 Å². The summed E-state index contributed by atoms with van der Waals surface area (Å²) in [5.41, 5.74) is 0. The lowest BCUT2D eigenvalue weighted by Gasteiger charge is -2.24. The average molecular weight is 200 g/mol. The molecule has 0 aromatic heterocycles. The van der Waals surface area contributed by atoms with Gasteiger partial charge >= 0.3 is 0 Å². The molecule has 1 aliphatic rings. The van der Waals surface area contributed by atoms with Gasteiger partial charge in [-0.3, -0.25) is 9.80 Å². The molecule has 0 saturated carbocycles. The van der Waals surface area contributed by atoms with E-state index in [9.17, 15) is 0 Å². The number of methoxy groups -OCH3 is 1. The molecular weight excluding hydrogens is 176 g/mol. The van der Waals surface area contributed by atoms with Crippen molar-refractivity contribution >= 4 is 0 Å². The van der Waals surface area contributed by atoms with E-state index in [1.807, 2.05) is 0 Å². The maximum absolute atomic E-state index is 5.10. The lowest BCUT2D eigenvalue weighted by Crippen LogP contribution is -2.35. The topological polar surface area (TPSA) is 15.7 Å². The fraction of sp³-hybridized carbons (Fsp3) is 1.00. The summed E-state index contributed by atoms with van der Waals surface area (Å²) in [6, 6.07) is 0.692. The van der Waals surface area contributed by atoms with Gasteiger partial charge in [-0.05, 0) is 33.4 Å². The van der Waals surface area contributed by atoms with Crippen LogP contribution in [-0.4, -0.2) is 62.3 Å². The van der Waals surface area contributed by atoms with Crippen molar-refractivity contribution in [2.45, 2.75) is 26.3 Å². The molecule has 0 atom stereocenters. The van der Waals surface area contributed by atoms with Crippen LogP contribution in [0.3, 0.4) is 0 Å². The van der Waals surface area contributed by atoms with Gasteiger partial charge in [0.15, 0.2) is 0 Å². The normalized spacial score (nSPS) is 21.4. The van der Waals surface area contributed by atoms with Crippen LogP contribution in [0.2, 0.25) is 0 Å². The first-order valence-electron chi connectivity index (χ1n) is 5.69. The smallest absolute Gasteiger partial charge is 0.0589 e. The number of hydrogen-bond acceptors (Lipinski definition) is 3. The van der Waals surface area contributed by atoms with Gasteiger partial charge in [-0.2, -0.15) is 0 Å². The first-order valence-corrected chi connectivity index (χ1v) is 5.69. The van der Waals surface area contributed by atoms with E-state index in [4.69, 9.17) is 4.74 Å². The molecule has 0 spiro atoms. The molecule has 0 amide bonds. The van der Waals surface area contributed by atoms with Gasteiger partial charge in [-0.1, -0.05) is 0 Å². The Morgan fingerprint density at radius 3 is 2.57 bits per heavy atom. The van der Waals surface area contributed by atoms with Gasteiger partial charge in [-0.15, -0.1) is 0 Å². The van der Waals surface area contributed by atoms with Gasteiger partial charge in [0.1, 0.15) is 0 Å². The van der Waals surface area contributed by atoms with E-state index in [1.165, 1.54) is 32.6 Å². The van der Waals surface area contributed by atoms with Crippen molar-refractivity contribution in [3.05, 3.63) is 0 Å². The van der Waals surface area contributed by atoms with Crippen LogP contribution in [0, 0.1) is 0 Å². The molecule has 0 bridgehead atoms. The Labute approximate surface area is 88.0 Å². The highest BCUT2D eigenvalue weighted by Gasteiger charge is 2.15. The summed E-state index contributed by atoms with van der Waals surface area (Å²) in [7, 11) is 1.78. The van der Waals surface area contributed by atoms with Crippen LogP contribution in [0.15, 0.2) is 0 Å². The summed E-state index contributed by atoms with van der Waals surface area (Å²) in [6.07, 6.45) is 1.29. The molecule has 1 fully saturated rings. The second-order valence-corrected chi connectivity index (χ2v) is 4.32. The van der Waals surface area contributed by atoms with Crippen LogP contribution in [0.25, 0.3) is 0 Å². The summed E-state index contributed by atoms with van der Waals surface area (Å²) in [5.74, 6) is 0. The van der Waals surface area contributed by atoms with Crippen LogP contribution < -0.4 is 0 Å². The van der Waals surface area contributed by atoms with Crippen LogP contribution >= 0.6 is 0 Å². The quantitative estimate of drug-likeness (QED) is 0.674. The monoisotopic (exact) mass is 200 g/mol. The molecule has 14 heavy (non-hydrogen) atoms. The number of rotatable bonds is 4. The maximum Gasteiger partial charge on any atom is 0.0589 e. The molecule has 3 heteroatoms. The fourth-order valence-corrected chi connectivity index (χ4v) is 1.95. The Hall–Kier alpha value is -0.120. The lowest BCUT2D eigenvalue weighted by atomic mass is 10.3. The zero-order valence-corrected chi connectivity index (χ0v) is 9.83. The Kier molecular flexibility index (Phi) is 5.45. The predicted molar refractivity (Wildman–Crippen MR) is 59.6 cm³/mol. The summed E-state index contributed by atoms with van der Waals surface area (Å²) < 4.78 is 5.10. The minimum Gasteiger partial charge on any atom is -0.383 e. The van der Waals surface area contributed by atoms with Crippen molar-refractivity contribution in [1.82, 2.24) is 9.80 Å². The van der Waals surface area contributed by atoms with Gasteiger partial charge in [0.2, 0.25) is 0 Å². The second kappa shape index (κ2) is 6.38. The zero-order valence-electron chi connectivity index (χ0n) is 9.83. The Bertz CT molecular complexity index is 150. The minimum absolute atomic E-state index is 0.692. The Morgan fingerprint density at radius 1 is 1.14 bits per heavy atom. The van der Waals surface area contributed by atoms with Crippen LogP contribution in [0.1, 0.15) is 20.3 Å². The van der Waals surface area contributed by atoms with E-state index < -0.39 is 0 Å². The molecule has 0 aromatic carbocycles. The van der Waals surface area contributed by atoms with Crippen LogP contribution in [0.4, 0.5) is 0 Å². The van der Waals surface area contributed by atoms with E-state index in [1.54, 1.807) is 7.11 Å². The first-order chi connectivity index (χ1) is 6.74. The van der Waals surface area contributed by atoms with Crippen molar-refractivity contribution in [3.8, 4) is 0 Å². The SMILES string of the molecule is COCCN1CCCN(C(C)C)CC1. The standard InChI is InChI=1S/C11H24N2O/c1-11(2)13-6-4-5-12(7-8-13)9-10-14-3/h11H,4-10H2,1-3H3. The molecule has 0 radical (unpaired) electrons. The molecule has 1 rings (SSSR count). The summed E-state index contributed by atoms with van der Waals surface area (Å²) >= 11 is 0. The van der Waals surface area contributed by atoms with Crippen molar-refractivity contribution in [2.75, 3.05) is 46.4 Å². The van der Waals surface area contributed by atoms with Gasteiger partial charge in [0, 0.05) is 32.8 Å². The van der Waals surface area contributed by atoms with Gasteiger partial charge in [-0.25, -0.2) is 0 Å². The summed E-state index contributed by atoms with van der Waals surface area (Å²) in [5, 5.41) is 0. The highest BCUT2D eigenvalue weighted by atomic mass is 16.5. The fourth-order valence-electron chi connectivity index (χ4n) is 1.95. The maximum atomic E-state index is 5.10.